The van der Waals surface area contributed by atoms with Gasteiger partial charge in [-0.1, -0.05) is 12.1 Å². The van der Waals surface area contributed by atoms with Crippen LogP contribution in [0.15, 0.2) is 66.7 Å². The summed E-state index contributed by atoms with van der Waals surface area (Å²) in [6, 6.07) is 18.8. The summed E-state index contributed by atoms with van der Waals surface area (Å²) in [7, 11) is 1.57. The zero-order valence-corrected chi connectivity index (χ0v) is 17.9. The summed E-state index contributed by atoms with van der Waals surface area (Å²) >= 11 is 0. The molecule has 3 aromatic carbocycles. The number of rotatable bonds is 7. The number of carbonyl (C=O) groups is 3. The fraction of sp³-hybridized carbons (Fsp3) is 0.125. The number of hydrogen-bond acceptors (Lipinski definition) is 5. The second-order valence-corrected chi connectivity index (χ2v) is 6.89. The van der Waals surface area contributed by atoms with E-state index >= 15 is 0 Å². The van der Waals surface area contributed by atoms with Gasteiger partial charge < -0.3 is 25.4 Å². The van der Waals surface area contributed by atoms with Crippen LogP contribution in [0.2, 0.25) is 0 Å². The third-order valence-electron chi connectivity index (χ3n) is 4.25. The van der Waals surface area contributed by atoms with Gasteiger partial charge in [0, 0.05) is 36.5 Å². The van der Waals surface area contributed by atoms with Crippen molar-refractivity contribution < 1.29 is 23.9 Å². The van der Waals surface area contributed by atoms with Crippen LogP contribution in [0.3, 0.4) is 0 Å². The van der Waals surface area contributed by atoms with Crippen LogP contribution in [0.1, 0.15) is 24.2 Å². The lowest BCUT2D eigenvalue weighted by Crippen LogP contribution is -2.15. The minimum Gasteiger partial charge on any atom is -0.493 e. The Morgan fingerprint density at radius 3 is 1.78 bits per heavy atom. The molecular formula is C24H23N3O5. The number of carbonyl (C=O) groups excluding carboxylic acids is 3. The molecule has 0 radical (unpaired) electrons. The molecule has 3 N–H and O–H groups in total. The van der Waals surface area contributed by atoms with Crippen molar-refractivity contribution >= 4 is 34.8 Å². The first kappa shape index (κ1) is 22.4. The lowest BCUT2D eigenvalue weighted by molar-refractivity contribution is -0.115. The molecule has 0 aliphatic rings. The van der Waals surface area contributed by atoms with Crippen LogP contribution in [-0.2, 0) is 9.59 Å². The Hall–Kier alpha value is -4.33. The highest BCUT2D eigenvalue weighted by molar-refractivity contribution is 6.06. The zero-order chi connectivity index (χ0) is 23.1. The molecule has 3 aromatic rings. The Labute approximate surface area is 185 Å². The number of amides is 3. The lowest BCUT2D eigenvalue weighted by Gasteiger charge is -2.12. The van der Waals surface area contributed by atoms with Crippen LogP contribution in [0.5, 0.6) is 17.2 Å². The van der Waals surface area contributed by atoms with Gasteiger partial charge in [-0.3, -0.25) is 14.4 Å². The highest BCUT2D eigenvalue weighted by atomic mass is 16.5. The van der Waals surface area contributed by atoms with Crippen molar-refractivity contribution in [2.75, 3.05) is 23.1 Å². The van der Waals surface area contributed by atoms with E-state index in [1.165, 1.54) is 26.0 Å². The van der Waals surface area contributed by atoms with Gasteiger partial charge in [-0.15, -0.1) is 0 Å². The van der Waals surface area contributed by atoms with Crippen molar-refractivity contribution in [1.29, 1.82) is 0 Å². The van der Waals surface area contributed by atoms with Crippen molar-refractivity contribution in [3.05, 3.63) is 72.3 Å². The Morgan fingerprint density at radius 2 is 1.25 bits per heavy atom. The summed E-state index contributed by atoms with van der Waals surface area (Å²) in [6.45, 7) is 2.72. The van der Waals surface area contributed by atoms with Crippen molar-refractivity contribution in [1.82, 2.24) is 0 Å². The van der Waals surface area contributed by atoms with Gasteiger partial charge in [0.2, 0.25) is 11.8 Å². The molecule has 0 spiro atoms. The molecule has 164 valence electrons. The van der Waals surface area contributed by atoms with Gasteiger partial charge in [-0.25, -0.2) is 0 Å². The topological polar surface area (TPSA) is 106 Å². The van der Waals surface area contributed by atoms with E-state index in [0.717, 1.165) is 0 Å². The maximum Gasteiger partial charge on any atom is 0.255 e. The molecule has 0 atom stereocenters. The molecule has 0 unspecified atom stereocenters. The first-order valence-corrected chi connectivity index (χ1v) is 9.76. The van der Waals surface area contributed by atoms with Crippen LogP contribution in [0.25, 0.3) is 0 Å². The number of ether oxygens (including phenoxy) is 2. The summed E-state index contributed by atoms with van der Waals surface area (Å²) < 4.78 is 11.1. The molecule has 3 rings (SSSR count). The second kappa shape index (κ2) is 10.1. The molecule has 0 aliphatic heterocycles. The summed E-state index contributed by atoms with van der Waals surface area (Å²) in [5.74, 6) is 0.783. The third kappa shape index (κ3) is 6.09. The van der Waals surface area contributed by atoms with E-state index in [4.69, 9.17) is 9.47 Å². The van der Waals surface area contributed by atoms with Gasteiger partial charge in [0.15, 0.2) is 11.5 Å². The molecule has 8 nitrogen and oxygen atoms in total. The Bertz CT molecular complexity index is 1110. The molecule has 32 heavy (non-hydrogen) atoms. The average Bonchev–Trinajstić information content (AvgIpc) is 2.74. The Morgan fingerprint density at radius 1 is 0.688 bits per heavy atom. The van der Waals surface area contributed by atoms with Gasteiger partial charge in [-0.05, 0) is 54.6 Å². The zero-order valence-electron chi connectivity index (χ0n) is 17.9. The molecule has 0 aliphatic carbocycles. The molecule has 0 fully saturated rings. The molecule has 0 saturated carbocycles. The van der Waals surface area contributed by atoms with Crippen LogP contribution < -0.4 is 25.4 Å². The summed E-state index contributed by atoms with van der Waals surface area (Å²) in [6.07, 6.45) is 0. The average molecular weight is 433 g/mol. The van der Waals surface area contributed by atoms with Crippen molar-refractivity contribution in [3.63, 3.8) is 0 Å². The molecule has 3 amide bonds. The van der Waals surface area contributed by atoms with Crippen LogP contribution in [-0.4, -0.2) is 24.8 Å². The number of anilines is 3. The van der Waals surface area contributed by atoms with Gasteiger partial charge in [-0.2, -0.15) is 0 Å². The van der Waals surface area contributed by atoms with Gasteiger partial charge in [0.1, 0.15) is 5.75 Å². The SMILES string of the molecule is COc1ccccc1Oc1ccc(NC(=O)c2cc(NC(C)=O)cc(NC(C)=O)c2)cc1. The van der Waals surface area contributed by atoms with Gasteiger partial charge in [0.05, 0.1) is 7.11 Å². The maximum atomic E-state index is 12.8. The second-order valence-electron chi connectivity index (χ2n) is 6.89. The van der Waals surface area contributed by atoms with E-state index in [1.807, 2.05) is 12.1 Å². The Balaban J connectivity index is 1.75. The minimum absolute atomic E-state index is 0.273. The van der Waals surface area contributed by atoms with Crippen LogP contribution >= 0.6 is 0 Å². The fourth-order valence-corrected chi connectivity index (χ4v) is 2.95. The van der Waals surface area contributed by atoms with Crippen LogP contribution in [0.4, 0.5) is 17.1 Å². The predicted octanol–water partition coefficient (Wildman–Crippen LogP) is 4.66. The summed E-state index contributed by atoms with van der Waals surface area (Å²) in [5, 5.41) is 8.03. The van der Waals surface area contributed by atoms with E-state index in [2.05, 4.69) is 16.0 Å². The maximum absolute atomic E-state index is 12.8. The van der Waals surface area contributed by atoms with Crippen molar-refractivity contribution in [3.8, 4) is 17.2 Å². The lowest BCUT2D eigenvalue weighted by atomic mass is 10.1. The van der Waals surface area contributed by atoms with Crippen LogP contribution in [0, 0.1) is 0 Å². The highest BCUT2D eigenvalue weighted by Crippen LogP contribution is 2.31. The number of benzene rings is 3. The molecule has 0 bridgehead atoms. The summed E-state index contributed by atoms with van der Waals surface area (Å²) in [4.78, 5) is 35.6. The molecule has 0 aromatic heterocycles. The van der Waals surface area contributed by atoms with E-state index < -0.39 is 5.91 Å². The molecule has 8 heteroatoms. The molecule has 0 saturated heterocycles. The standard InChI is InChI=1S/C24H23N3O5/c1-15(28)25-19-12-17(13-20(14-19)26-16(2)29)24(30)27-18-8-10-21(11-9-18)32-23-7-5-4-6-22(23)31-3/h4-14H,1-3H3,(H,25,28)(H,26,29)(H,27,30). The minimum atomic E-state index is -0.401. The molecular weight excluding hydrogens is 410 g/mol. The Kier molecular flexibility index (Phi) is 7.07. The largest absolute Gasteiger partial charge is 0.493 e. The van der Waals surface area contributed by atoms with E-state index in [1.54, 1.807) is 49.6 Å². The van der Waals surface area contributed by atoms with E-state index in [0.29, 0.717) is 34.3 Å². The smallest absolute Gasteiger partial charge is 0.255 e. The van der Waals surface area contributed by atoms with Gasteiger partial charge in [0.25, 0.3) is 5.91 Å². The number of para-hydroxylation sites is 2. The quantitative estimate of drug-likeness (QED) is 0.503. The number of nitrogens with one attached hydrogen (secondary N) is 3. The number of methoxy groups -OCH3 is 1. The van der Waals surface area contributed by atoms with Crippen molar-refractivity contribution in [2.45, 2.75) is 13.8 Å². The predicted molar refractivity (Wildman–Crippen MR) is 123 cm³/mol. The first-order chi connectivity index (χ1) is 15.3. The van der Waals surface area contributed by atoms with E-state index in [9.17, 15) is 14.4 Å². The monoisotopic (exact) mass is 433 g/mol. The normalized spacial score (nSPS) is 10.1. The first-order valence-electron chi connectivity index (χ1n) is 9.76. The van der Waals surface area contributed by atoms with Crippen molar-refractivity contribution in [2.24, 2.45) is 0 Å². The highest BCUT2D eigenvalue weighted by Gasteiger charge is 2.12. The third-order valence-corrected chi connectivity index (χ3v) is 4.25. The molecule has 0 heterocycles. The van der Waals surface area contributed by atoms with E-state index in [-0.39, 0.29) is 17.4 Å². The number of hydrogen-bond donors (Lipinski definition) is 3. The summed E-state index contributed by atoms with van der Waals surface area (Å²) in [5.41, 5.74) is 1.62. The fourth-order valence-electron chi connectivity index (χ4n) is 2.95. The van der Waals surface area contributed by atoms with Gasteiger partial charge >= 0.3 is 0 Å².